The van der Waals surface area contributed by atoms with Gasteiger partial charge in [0, 0.05) is 0 Å². The molecule has 0 aromatic heterocycles. The maximum atomic E-state index is 13.0. The average molecular weight is 472 g/mol. The number of aliphatic hydroxyl groups excluding tert-OH is 3. The minimum absolute atomic E-state index is 0.153. The molecule has 8 heteroatoms. The second kappa shape index (κ2) is 13.6. The lowest BCUT2D eigenvalue weighted by Crippen LogP contribution is -2.61. The molecule has 1 fully saturated rings. The standard InChI is InChI=1S/C24H41NO6S/c1-3-4-5-6-7-8-9-10-11-12-15-19-16-13-14-17-20(19)32(29,30)25-24-23(28)22(27)21(26)18(2)31-24/h13-14,16-18,21-28H,3-12,15H2,1-2H3/t18-,21-,22+,23+,24?/m0/s1. The van der Waals surface area contributed by atoms with Crippen LogP contribution in [-0.2, 0) is 21.2 Å². The minimum atomic E-state index is -3.98. The van der Waals surface area contributed by atoms with Crippen molar-refractivity contribution < 1.29 is 28.5 Å². The number of rotatable bonds is 14. The van der Waals surface area contributed by atoms with Crippen LogP contribution in [0, 0.1) is 0 Å². The Hall–Kier alpha value is -1.03. The molecule has 1 heterocycles. The lowest BCUT2D eigenvalue weighted by atomic mass is 9.99. The highest BCUT2D eigenvalue weighted by molar-refractivity contribution is 7.89. The molecule has 0 radical (unpaired) electrons. The number of aryl methyl sites for hydroxylation is 1. The van der Waals surface area contributed by atoms with Crippen molar-refractivity contribution >= 4 is 10.0 Å². The third kappa shape index (κ3) is 8.08. The molecule has 1 aliphatic heterocycles. The Balaban J connectivity index is 1.85. The lowest BCUT2D eigenvalue weighted by molar-refractivity contribution is -0.219. The van der Waals surface area contributed by atoms with Crippen molar-refractivity contribution in [3.8, 4) is 0 Å². The molecule has 0 aliphatic carbocycles. The number of ether oxygens (including phenoxy) is 1. The molecule has 5 atom stereocenters. The van der Waals surface area contributed by atoms with Crippen molar-refractivity contribution in [2.45, 2.75) is 120 Å². The van der Waals surface area contributed by atoms with Gasteiger partial charge in [0.1, 0.15) is 24.5 Å². The van der Waals surface area contributed by atoms with Crippen LogP contribution in [0.5, 0.6) is 0 Å². The molecule has 1 aliphatic rings. The van der Waals surface area contributed by atoms with Crippen LogP contribution < -0.4 is 4.72 Å². The van der Waals surface area contributed by atoms with Gasteiger partial charge < -0.3 is 20.1 Å². The molecule has 0 bridgehead atoms. The van der Waals surface area contributed by atoms with Gasteiger partial charge in [-0.2, -0.15) is 4.72 Å². The molecular formula is C24H41NO6S. The number of nitrogens with one attached hydrogen (secondary N) is 1. The summed E-state index contributed by atoms with van der Waals surface area (Å²) in [7, 11) is -3.98. The summed E-state index contributed by atoms with van der Waals surface area (Å²) in [6, 6.07) is 6.83. The van der Waals surface area contributed by atoms with Crippen molar-refractivity contribution in [3.05, 3.63) is 29.8 Å². The first kappa shape index (κ1) is 27.2. The normalized spacial score (nSPS) is 26.3. The van der Waals surface area contributed by atoms with E-state index in [9.17, 15) is 23.7 Å². The first-order valence-corrected chi connectivity index (χ1v) is 13.6. The summed E-state index contributed by atoms with van der Waals surface area (Å²) in [5.41, 5.74) is 0.721. The highest BCUT2D eigenvalue weighted by Crippen LogP contribution is 2.23. The van der Waals surface area contributed by atoms with Gasteiger partial charge in [0.05, 0.1) is 11.0 Å². The van der Waals surface area contributed by atoms with Gasteiger partial charge in [0.25, 0.3) is 0 Å². The molecule has 4 N–H and O–H groups in total. The van der Waals surface area contributed by atoms with Crippen molar-refractivity contribution in [2.24, 2.45) is 0 Å². The number of aliphatic hydroxyl groups is 3. The SMILES string of the molecule is CCCCCCCCCCCCc1ccccc1S(=O)(=O)NC1O[C@@H](C)[C@H](O)[C@@H](O)[C@H]1O. The van der Waals surface area contributed by atoms with Crippen LogP contribution in [-0.4, -0.2) is 54.4 Å². The first-order valence-electron chi connectivity index (χ1n) is 12.1. The van der Waals surface area contributed by atoms with Gasteiger partial charge in [0.2, 0.25) is 10.0 Å². The van der Waals surface area contributed by atoms with Crippen molar-refractivity contribution in [1.29, 1.82) is 0 Å². The maximum absolute atomic E-state index is 13.0. The van der Waals surface area contributed by atoms with Crippen LogP contribution in [0.3, 0.4) is 0 Å². The third-order valence-corrected chi connectivity index (χ3v) is 7.71. The monoisotopic (exact) mass is 471 g/mol. The smallest absolute Gasteiger partial charge is 0.243 e. The second-order valence-electron chi connectivity index (χ2n) is 8.89. The molecule has 2 rings (SSSR count). The van der Waals surface area contributed by atoms with Gasteiger partial charge in [-0.15, -0.1) is 0 Å². The van der Waals surface area contributed by atoms with Crippen LogP contribution in [0.2, 0.25) is 0 Å². The van der Waals surface area contributed by atoms with Crippen LogP contribution in [0.1, 0.15) is 83.6 Å². The van der Waals surface area contributed by atoms with E-state index < -0.39 is 40.7 Å². The molecule has 0 saturated carbocycles. The predicted molar refractivity (Wildman–Crippen MR) is 125 cm³/mol. The van der Waals surface area contributed by atoms with Gasteiger partial charge in [-0.05, 0) is 31.4 Å². The lowest BCUT2D eigenvalue weighted by Gasteiger charge is -2.39. The third-order valence-electron chi connectivity index (χ3n) is 6.19. The molecule has 0 amide bonds. The number of hydrogen-bond acceptors (Lipinski definition) is 6. The van der Waals surface area contributed by atoms with Crippen LogP contribution in [0.4, 0.5) is 0 Å². The zero-order valence-corrected chi connectivity index (χ0v) is 20.3. The fourth-order valence-corrected chi connectivity index (χ4v) is 5.54. The molecule has 7 nitrogen and oxygen atoms in total. The molecular weight excluding hydrogens is 430 g/mol. The van der Waals surface area contributed by atoms with E-state index in [4.69, 9.17) is 4.74 Å². The topological polar surface area (TPSA) is 116 Å². The summed E-state index contributed by atoms with van der Waals surface area (Å²) in [5.74, 6) is 0. The van der Waals surface area contributed by atoms with Gasteiger partial charge in [-0.25, -0.2) is 8.42 Å². The van der Waals surface area contributed by atoms with E-state index in [2.05, 4.69) is 11.6 Å². The highest BCUT2D eigenvalue weighted by atomic mass is 32.2. The average Bonchev–Trinajstić information content (AvgIpc) is 2.77. The van der Waals surface area contributed by atoms with E-state index in [1.54, 1.807) is 6.07 Å². The molecule has 32 heavy (non-hydrogen) atoms. The second-order valence-corrected chi connectivity index (χ2v) is 10.6. The van der Waals surface area contributed by atoms with Crippen molar-refractivity contribution in [2.75, 3.05) is 0 Å². The quantitative estimate of drug-likeness (QED) is 0.310. The van der Waals surface area contributed by atoms with E-state index in [0.29, 0.717) is 6.42 Å². The molecule has 1 saturated heterocycles. The highest BCUT2D eigenvalue weighted by Gasteiger charge is 2.43. The number of benzene rings is 1. The zero-order chi connectivity index (χ0) is 23.6. The van der Waals surface area contributed by atoms with Gasteiger partial charge in [-0.3, -0.25) is 0 Å². The van der Waals surface area contributed by atoms with Crippen LogP contribution >= 0.6 is 0 Å². The molecule has 0 spiro atoms. The fourth-order valence-electron chi connectivity index (χ4n) is 4.14. The number of hydrogen-bond donors (Lipinski definition) is 4. The van der Waals surface area contributed by atoms with E-state index >= 15 is 0 Å². The Morgan fingerprint density at radius 3 is 2.03 bits per heavy atom. The number of unbranched alkanes of at least 4 members (excludes halogenated alkanes) is 9. The van der Waals surface area contributed by atoms with E-state index in [1.165, 1.54) is 57.9 Å². The molecule has 1 aromatic rings. The largest absolute Gasteiger partial charge is 0.388 e. The first-order chi connectivity index (χ1) is 15.3. The number of sulfonamides is 1. The van der Waals surface area contributed by atoms with Crippen molar-refractivity contribution in [3.63, 3.8) is 0 Å². The minimum Gasteiger partial charge on any atom is -0.388 e. The summed E-state index contributed by atoms with van der Waals surface area (Å²) < 4.78 is 33.7. The molecule has 1 aromatic carbocycles. The molecule has 1 unspecified atom stereocenters. The van der Waals surface area contributed by atoms with E-state index in [-0.39, 0.29) is 4.90 Å². The fraction of sp³-hybridized carbons (Fsp3) is 0.750. The summed E-state index contributed by atoms with van der Waals surface area (Å²) >= 11 is 0. The van der Waals surface area contributed by atoms with Crippen molar-refractivity contribution in [1.82, 2.24) is 4.72 Å². The zero-order valence-electron chi connectivity index (χ0n) is 19.4. The summed E-state index contributed by atoms with van der Waals surface area (Å²) in [5, 5.41) is 29.9. The Morgan fingerprint density at radius 1 is 0.844 bits per heavy atom. The van der Waals surface area contributed by atoms with E-state index in [0.717, 1.165) is 24.8 Å². The van der Waals surface area contributed by atoms with Gasteiger partial charge >= 0.3 is 0 Å². The molecule has 184 valence electrons. The predicted octanol–water partition coefficient (Wildman–Crippen LogP) is 3.26. The van der Waals surface area contributed by atoms with Gasteiger partial charge in [-0.1, -0.05) is 82.9 Å². The Labute approximate surface area is 193 Å². The van der Waals surface area contributed by atoms with E-state index in [1.807, 2.05) is 12.1 Å². The summed E-state index contributed by atoms with van der Waals surface area (Å²) in [6.45, 7) is 3.74. The summed E-state index contributed by atoms with van der Waals surface area (Å²) in [4.78, 5) is 0.153. The van der Waals surface area contributed by atoms with Gasteiger partial charge in [0.15, 0.2) is 0 Å². The Bertz CT molecular complexity index is 772. The Kier molecular flexibility index (Phi) is 11.6. The Morgan fingerprint density at radius 2 is 1.41 bits per heavy atom. The van der Waals surface area contributed by atoms with Crippen LogP contribution in [0.15, 0.2) is 29.2 Å². The summed E-state index contributed by atoms with van der Waals surface area (Å²) in [6.07, 6.45) is 6.31. The van der Waals surface area contributed by atoms with Crippen LogP contribution in [0.25, 0.3) is 0 Å². The maximum Gasteiger partial charge on any atom is 0.243 e.